The third kappa shape index (κ3) is 1.28. The van der Waals surface area contributed by atoms with Crippen molar-refractivity contribution in [3.8, 4) is 5.75 Å². The van der Waals surface area contributed by atoms with Gasteiger partial charge in [-0.3, -0.25) is 0 Å². The van der Waals surface area contributed by atoms with Gasteiger partial charge in [-0.1, -0.05) is 0 Å². The quantitative estimate of drug-likeness (QED) is 0.700. The number of nitrogens with zero attached hydrogens (tertiary/aromatic N) is 1. The van der Waals surface area contributed by atoms with Crippen molar-refractivity contribution >= 4 is 10.9 Å². The number of halogens is 2. The van der Waals surface area contributed by atoms with Crippen molar-refractivity contribution in [3.05, 3.63) is 35.5 Å². The minimum atomic E-state index is -0.765. The lowest BCUT2D eigenvalue weighted by molar-refractivity contribution is 0.479. The zero-order valence-corrected chi connectivity index (χ0v) is 7.38. The molecule has 1 aromatic carbocycles. The second kappa shape index (κ2) is 2.90. The summed E-state index contributed by atoms with van der Waals surface area (Å²) < 4.78 is 26.0. The highest BCUT2D eigenvalue weighted by Crippen LogP contribution is 2.26. The van der Waals surface area contributed by atoms with E-state index < -0.39 is 11.6 Å². The molecule has 1 N–H and O–H groups in total. The van der Waals surface area contributed by atoms with Gasteiger partial charge in [0.05, 0.1) is 0 Å². The molecule has 1 heterocycles. The zero-order chi connectivity index (χ0) is 10.3. The molecule has 2 nitrogen and oxygen atoms in total. The van der Waals surface area contributed by atoms with E-state index in [2.05, 4.69) is 4.98 Å². The average Bonchev–Trinajstić information content (AvgIpc) is 2.07. The van der Waals surface area contributed by atoms with Crippen LogP contribution in [0.3, 0.4) is 0 Å². The fraction of sp³-hybridized carbons (Fsp3) is 0.100. The summed E-state index contributed by atoms with van der Waals surface area (Å²) in [5, 5.41) is 9.52. The van der Waals surface area contributed by atoms with Crippen LogP contribution in [-0.4, -0.2) is 10.1 Å². The predicted octanol–water partition coefficient (Wildman–Crippen LogP) is 2.53. The van der Waals surface area contributed by atoms with E-state index in [-0.39, 0.29) is 16.7 Å². The van der Waals surface area contributed by atoms with Gasteiger partial charge in [0, 0.05) is 23.2 Å². The van der Waals surface area contributed by atoms with E-state index in [0.29, 0.717) is 5.69 Å². The fourth-order valence-corrected chi connectivity index (χ4v) is 1.36. The Labute approximate surface area is 78.8 Å². The Balaban J connectivity index is 2.94. The Morgan fingerprint density at radius 2 is 1.93 bits per heavy atom. The molecule has 0 saturated carbocycles. The third-order valence-corrected chi connectivity index (χ3v) is 1.94. The zero-order valence-electron chi connectivity index (χ0n) is 7.38. The molecule has 0 aliphatic heterocycles. The average molecular weight is 195 g/mol. The maximum atomic E-state index is 13.2. The number of rotatable bonds is 0. The normalized spacial score (nSPS) is 10.8. The lowest BCUT2D eigenvalue weighted by Gasteiger charge is -2.03. The molecule has 0 bridgehead atoms. The van der Waals surface area contributed by atoms with Crippen LogP contribution in [-0.2, 0) is 0 Å². The Morgan fingerprint density at radius 3 is 2.64 bits per heavy atom. The number of aromatic nitrogens is 1. The largest absolute Gasteiger partial charge is 0.507 e. The van der Waals surface area contributed by atoms with Gasteiger partial charge >= 0.3 is 0 Å². The molecule has 0 aliphatic rings. The molecule has 0 spiro atoms. The van der Waals surface area contributed by atoms with Crippen molar-refractivity contribution in [2.75, 3.05) is 0 Å². The second-order valence-corrected chi connectivity index (χ2v) is 3.07. The van der Waals surface area contributed by atoms with Crippen LogP contribution in [0.2, 0.25) is 0 Å². The van der Waals surface area contributed by atoms with E-state index in [0.717, 1.165) is 12.1 Å². The lowest BCUT2D eigenvalue weighted by Crippen LogP contribution is -1.90. The Hall–Kier alpha value is -1.71. The van der Waals surface area contributed by atoms with Crippen molar-refractivity contribution in [2.45, 2.75) is 6.92 Å². The smallest absolute Gasteiger partial charge is 0.152 e. The fourth-order valence-electron chi connectivity index (χ4n) is 1.36. The molecule has 14 heavy (non-hydrogen) atoms. The van der Waals surface area contributed by atoms with Gasteiger partial charge in [0.1, 0.15) is 17.1 Å². The summed E-state index contributed by atoms with van der Waals surface area (Å²) in [5.41, 5.74) is 0.476. The molecule has 0 atom stereocenters. The molecule has 72 valence electrons. The van der Waals surface area contributed by atoms with E-state index in [4.69, 9.17) is 0 Å². The number of hydrogen-bond donors (Lipinski definition) is 1. The molecule has 0 fully saturated rings. The van der Waals surface area contributed by atoms with E-state index in [1.165, 1.54) is 6.07 Å². The first kappa shape index (κ1) is 8.87. The topological polar surface area (TPSA) is 33.1 Å². The van der Waals surface area contributed by atoms with Crippen molar-refractivity contribution in [1.29, 1.82) is 0 Å². The summed E-state index contributed by atoms with van der Waals surface area (Å²) in [5.74, 6) is -1.65. The molecule has 0 radical (unpaired) electrons. The van der Waals surface area contributed by atoms with Crippen molar-refractivity contribution in [2.24, 2.45) is 0 Å². The SMILES string of the molecule is Cc1cc(O)c2cc(F)cc(F)c2n1. The number of aromatic hydroxyl groups is 1. The Kier molecular flexibility index (Phi) is 1.84. The van der Waals surface area contributed by atoms with Crippen LogP contribution >= 0.6 is 0 Å². The maximum Gasteiger partial charge on any atom is 0.152 e. The van der Waals surface area contributed by atoms with Gasteiger partial charge in [-0.05, 0) is 13.0 Å². The van der Waals surface area contributed by atoms with Crippen molar-refractivity contribution in [1.82, 2.24) is 4.98 Å². The lowest BCUT2D eigenvalue weighted by atomic mass is 10.1. The summed E-state index contributed by atoms with van der Waals surface area (Å²) in [4.78, 5) is 3.88. The van der Waals surface area contributed by atoms with Crippen LogP contribution < -0.4 is 0 Å². The summed E-state index contributed by atoms with van der Waals surface area (Å²) in [6, 6.07) is 3.16. The van der Waals surface area contributed by atoms with Crippen molar-refractivity contribution < 1.29 is 13.9 Å². The third-order valence-electron chi connectivity index (χ3n) is 1.94. The van der Waals surface area contributed by atoms with Crippen LogP contribution in [0.25, 0.3) is 10.9 Å². The first-order valence-corrected chi connectivity index (χ1v) is 4.03. The minimum absolute atomic E-state index is 0.0103. The molecule has 0 unspecified atom stereocenters. The molecular formula is C10H7F2NO. The first-order valence-electron chi connectivity index (χ1n) is 4.03. The van der Waals surface area contributed by atoms with Crippen LogP contribution in [0, 0.1) is 18.6 Å². The van der Waals surface area contributed by atoms with Gasteiger partial charge in [0.25, 0.3) is 0 Å². The molecule has 1 aromatic heterocycles. The van der Waals surface area contributed by atoms with Gasteiger partial charge in [0.15, 0.2) is 5.82 Å². The molecular weight excluding hydrogens is 188 g/mol. The number of aryl methyl sites for hydroxylation is 1. The molecule has 4 heteroatoms. The molecule has 0 amide bonds. The van der Waals surface area contributed by atoms with Crippen LogP contribution in [0.15, 0.2) is 18.2 Å². The van der Waals surface area contributed by atoms with Gasteiger partial charge in [0.2, 0.25) is 0 Å². The molecule has 0 saturated heterocycles. The number of hydrogen-bond acceptors (Lipinski definition) is 2. The summed E-state index contributed by atoms with van der Waals surface area (Å²) in [7, 11) is 0. The Bertz CT molecular complexity index is 464. The van der Waals surface area contributed by atoms with Crippen molar-refractivity contribution in [3.63, 3.8) is 0 Å². The second-order valence-electron chi connectivity index (χ2n) is 3.07. The number of fused-ring (bicyclic) bond motifs is 1. The van der Waals surface area contributed by atoms with E-state index >= 15 is 0 Å². The van der Waals surface area contributed by atoms with Gasteiger partial charge < -0.3 is 5.11 Å². The van der Waals surface area contributed by atoms with Crippen LogP contribution in [0.1, 0.15) is 5.69 Å². The van der Waals surface area contributed by atoms with E-state index in [9.17, 15) is 13.9 Å². The molecule has 0 aliphatic carbocycles. The molecule has 2 rings (SSSR count). The minimum Gasteiger partial charge on any atom is -0.507 e. The number of benzene rings is 1. The van der Waals surface area contributed by atoms with E-state index in [1.54, 1.807) is 6.92 Å². The van der Waals surface area contributed by atoms with Gasteiger partial charge in [-0.2, -0.15) is 0 Å². The molecule has 2 aromatic rings. The van der Waals surface area contributed by atoms with E-state index in [1.807, 2.05) is 0 Å². The highest BCUT2D eigenvalue weighted by molar-refractivity contribution is 5.85. The summed E-state index contributed by atoms with van der Waals surface area (Å²) >= 11 is 0. The highest BCUT2D eigenvalue weighted by atomic mass is 19.1. The predicted molar refractivity (Wildman–Crippen MR) is 48.1 cm³/mol. The highest BCUT2D eigenvalue weighted by Gasteiger charge is 2.09. The van der Waals surface area contributed by atoms with Crippen LogP contribution in [0.5, 0.6) is 5.75 Å². The summed E-state index contributed by atoms with van der Waals surface area (Å²) in [6.45, 7) is 1.63. The Morgan fingerprint density at radius 1 is 1.21 bits per heavy atom. The van der Waals surface area contributed by atoms with Gasteiger partial charge in [-0.15, -0.1) is 0 Å². The summed E-state index contributed by atoms with van der Waals surface area (Å²) in [6.07, 6.45) is 0. The monoisotopic (exact) mass is 195 g/mol. The first-order chi connectivity index (χ1) is 6.58. The standard InChI is InChI=1S/C10H7F2NO/c1-5-2-9(14)7-3-6(11)4-8(12)10(7)13-5/h2-4H,1H3,(H,13,14). The maximum absolute atomic E-state index is 13.2. The van der Waals surface area contributed by atoms with Crippen LogP contribution in [0.4, 0.5) is 8.78 Å². The number of pyridine rings is 1. The van der Waals surface area contributed by atoms with Gasteiger partial charge in [-0.25, -0.2) is 13.8 Å².